The Bertz CT molecular complexity index is 260. The molecule has 0 aromatic rings. The lowest BCUT2D eigenvalue weighted by Crippen LogP contribution is -2.53. The van der Waals surface area contributed by atoms with Crippen LogP contribution in [0, 0.1) is 0 Å². The Balaban J connectivity index is 2.39. The lowest BCUT2D eigenvalue weighted by Gasteiger charge is -2.34. The van der Waals surface area contributed by atoms with Gasteiger partial charge in [0.25, 0.3) is 0 Å². The minimum Gasteiger partial charge on any atom is -0.450 e. The first-order valence-corrected chi connectivity index (χ1v) is 5.52. The normalized spacial score (nSPS) is 18.2. The van der Waals surface area contributed by atoms with Crippen molar-refractivity contribution in [3.8, 4) is 0 Å². The number of hydrogen-bond acceptors (Lipinski definition) is 4. The highest BCUT2D eigenvalue weighted by Crippen LogP contribution is 2.05. The van der Waals surface area contributed by atoms with Gasteiger partial charge < -0.3 is 20.3 Å². The van der Waals surface area contributed by atoms with Crippen LogP contribution in [0.3, 0.4) is 0 Å². The largest absolute Gasteiger partial charge is 0.450 e. The maximum Gasteiger partial charge on any atom is 0.409 e. The number of rotatable bonds is 2. The van der Waals surface area contributed by atoms with E-state index in [4.69, 9.17) is 10.5 Å². The predicted molar refractivity (Wildman–Crippen MR) is 58.8 cm³/mol. The zero-order valence-electron chi connectivity index (χ0n) is 9.81. The molecule has 1 unspecified atom stereocenters. The van der Waals surface area contributed by atoms with Crippen molar-refractivity contribution in [2.45, 2.75) is 19.9 Å². The Labute approximate surface area is 95.3 Å². The van der Waals surface area contributed by atoms with E-state index in [2.05, 4.69) is 0 Å². The van der Waals surface area contributed by atoms with Crippen molar-refractivity contribution in [1.82, 2.24) is 9.80 Å². The van der Waals surface area contributed by atoms with E-state index >= 15 is 0 Å². The average molecular weight is 229 g/mol. The van der Waals surface area contributed by atoms with E-state index in [9.17, 15) is 9.59 Å². The highest BCUT2D eigenvalue weighted by atomic mass is 16.6. The Morgan fingerprint density at radius 1 is 1.25 bits per heavy atom. The fraction of sp³-hybridized carbons (Fsp3) is 0.800. The van der Waals surface area contributed by atoms with Crippen LogP contribution in [0.15, 0.2) is 0 Å². The lowest BCUT2D eigenvalue weighted by atomic mass is 10.2. The number of ether oxygens (including phenoxy) is 1. The quantitative estimate of drug-likeness (QED) is 0.701. The van der Waals surface area contributed by atoms with Crippen molar-refractivity contribution >= 4 is 12.0 Å². The number of carbonyl (C=O) groups excluding carboxylic acids is 2. The molecule has 1 fully saturated rings. The highest BCUT2D eigenvalue weighted by Gasteiger charge is 2.25. The fourth-order valence-electron chi connectivity index (χ4n) is 1.61. The average Bonchev–Trinajstić information content (AvgIpc) is 2.28. The summed E-state index contributed by atoms with van der Waals surface area (Å²) in [5.41, 5.74) is 5.51. The number of amides is 2. The lowest BCUT2D eigenvalue weighted by molar-refractivity contribution is -0.133. The van der Waals surface area contributed by atoms with Crippen LogP contribution in [0.1, 0.15) is 13.8 Å². The summed E-state index contributed by atoms with van der Waals surface area (Å²) >= 11 is 0. The number of carbonyl (C=O) groups is 2. The fourth-order valence-corrected chi connectivity index (χ4v) is 1.61. The molecule has 1 saturated heterocycles. The zero-order valence-corrected chi connectivity index (χ0v) is 9.81. The van der Waals surface area contributed by atoms with Crippen LogP contribution in [-0.4, -0.2) is 60.6 Å². The summed E-state index contributed by atoms with van der Waals surface area (Å²) in [6, 6.07) is -0.478. The summed E-state index contributed by atoms with van der Waals surface area (Å²) in [4.78, 5) is 26.2. The number of hydrogen-bond donors (Lipinski definition) is 1. The first kappa shape index (κ1) is 12.8. The van der Waals surface area contributed by atoms with E-state index in [-0.39, 0.29) is 12.0 Å². The molecular weight excluding hydrogens is 210 g/mol. The third-order valence-corrected chi connectivity index (χ3v) is 2.51. The van der Waals surface area contributed by atoms with Gasteiger partial charge in [0.05, 0.1) is 12.6 Å². The molecule has 2 amide bonds. The van der Waals surface area contributed by atoms with Crippen LogP contribution in [0.25, 0.3) is 0 Å². The minimum absolute atomic E-state index is 0.0662. The van der Waals surface area contributed by atoms with Crippen molar-refractivity contribution in [3.63, 3.8) is 0 Å². The Morgan fingerprint density at radius 3 is 2.19 bits per heavy atom. The van der Waals surface area contributed by atoms with Gasteiger partial charge in [-0.25, -0.2) is 4.79 Å². The summed E-state index contributed by atoms with van der Waals surface area (Å²) < 4.78 is 4.88. The van der Waals surface area contributed by atoms with Crippen LogP contribution in [0.2, 0.25) is 0 Å². The van der Waals surface area contributed by atoms with Crippen LogP contribution < -0.4 is 5.73 Å². The smallest absolute Gasteiger partial charge is 0.409 e. The predicted octanol–water partition coefficient (Wildman–Crippen LogP) is -0.366. The van der Waals surface area contributed by atoms with E-state index in [0.29, 0.717) is 32.8 Å². The standard InChI is InChI=1S/C10H19N3O3/c1-3-16-10(15)13-6-4-12(5-7-13)9(14)8(2)11/h8H,3-7,11H2,1-2H3. The summed E-state index contributed by atoms with van der Waals surface area (Å²) in [5.74, 6) is -0.0662. The molecule has 1 aliphatic rings. The molecule has 16 heavy (non-hydrogen) atoms. The molecule has 0 aromatic carbocycles. The van der Waals surface area contributed by atoms with Crippen molar-refractivity contribution in [2.24, 2.45) is 5.73 Å². The summed E-state index contributed by atoms with van der Waals surface area (Å²) in [6.07, 6.45) is -0.310. The molecule has 0 aromatic heterocycles. The first-order valence-electron chi connectivity index (χ1n) is 5.52. The van der Waals surface area contributed by atoms with Gasteiger partial charge in [-0.1, -0.05) is 0 Å². The van der Waals surface area contributed by atoms with Gasteiger partial charge in [-0.05, 0) is 13.8 Å². The summed E-state index contributed by atoms with van der Waals surface area (Å²) in [7, 11) is 0. The molecule has 2 N–H and O–H groups in total. The summed E-state index contributed by atoms with van der Waals surface area (Å²) in [6.45, 7) is 5.89. The molecule has 0 aliphatic carbocycles. The number of nitrogens with two attached hydrogens (primary N) is 1. The van der Waals surface area contributed by atoms with Gasteiger partial charge in [0.15, 0.2) is 0 Å². The maximum atomic E-state index is 11.6. The van der Waals surface area contributed by atoms with Gasteiger partial charge in [-0.15, -0.1) is 0 Å². The Morgan fingerprint density at radius 2 is 1.75 bits per heavy atom. The number of piperazine rings is 1. The first-order chi connectivity index (χ1) is 7.56. The highest BCUT2D eigenvalue weighted by molar-refractivity contribution is 5.81. The monoisotopic (exact) mass is 229 g/mol. The molecule has 1 heterocycles. The van der Waals surface area contributed by atoms with E-state index < -0.39 is 6.04 Å². The van der Waals surface area contributed by atoms with Crippen LogP contribution in [0.4, 0.5) is 4.79 Å². The molecule has 0 radical (unpaired) electrons. The Hall–Kier alpha value is -1.30. The zero-order chi connectivity index (χ0) is 12.1. The molecular formula is C10H19N3O3. The van der Waals surface area contributed by atoms with E-state index in [1.807, 2.05) is 0 Å². The van der Waals surface area contributed by atoms with Gasteiger partial charge in [-0.2, -0.15) is 0 Å². The third-order valence-electron chi connectivity index (χ3n) is 2.51. The topological polar surface area (TPSA) is 75.9 Å². The molecule has 1 atom stereocenters. The molecule has 92 valence electrons. The maximum absolute atomic E-state index is 11.6. The van der Waals surface area contributed by atoms with Crippen molar-refractivity contribution in [3.05, 3.63) is 0 Å². The van der Waals surface area contributed by atoms with E-state index in [1.54, 1.807) is 23.6 Å². The van der Waals surface area contributed by atoms with Crippen LogP contribution >= 0.6 is 0 Å². The molecule has 0 spiro atoms. The van der Waals surface area contributed by atoms with Gasteiger partial charge >= 0.3 is 6.09 Å². The summed E-state index contributed by atoms with van der Waals surface area (Å²) in [5, 5.41) is 0. The van der Waals surface area contributed by atoms with Crippen LogP contribution in [0.5, 0.6) is 0 Å². The Kier molecular flexibility index (Phi) is 4.54. The number of nitrogens with zero attached hydrogens (tertiary/aromatic N) is 2. The van der Waals surface area contributed by atoms with Gasteiger partial charge in [0.2, 0.25) is 5.91 Å². The van der Waals surface area contributed by atoms with Crippen molar-refractivity contribution < 1.29 is 14.3 Å². The minimum atomic E-state index is -0.478. The van der Waals surface area contributed by atoms with E-state index in [0.717, 1.165) is 0 Å². The second-order valence-corrected chi connectivity index (χ2v) is 3.80. The molecule has 0 saturated carbocycles. The van der Waals surface area contributed by atoms with Crippen molar-refractivity contribution in [2.75, 3.05) is 32.8 Å². The molecule has 1 aliphatic heterocycles. The second-order valence-electron chi connectivity index (χ2n) is 3.80. The second kappa shape index (κ2) is 5.69. The van der Waals surface area contributed by atoms with Gasteiger partial charge in [-0.3, -0.25) is 4.79 Å². The molecule has 6 nitrogen and oxygen atoms in total. The van der Waals surface area contributed by atoms with E-state index in [1.165, 1.54) is 0 Å². The third kappa shape index (κ3) is 3.10. The van der Waals surface area contributed by atoms with Gasteiger partial charge in [0.1, 0.15) is 0 Å². The van der Waals surface area contributed by atoms with Gasteiger partial charge in [0, 0.05) is 26.2 Å². The molecule has 1 rings (SSSR count). The molecule has 0 bridgehead atoms. The van der Waals surface area contributed by atoms with Crippen LogP contribution in [-0.2, 0) is 9.53 Å². The SMILES string of the molecule is CCOC(=O)N1CCN(C(=O)C(C)N)CC1. The van der Waals surface area contributed by atoms with Crippen molar-refractivity contribution in [1.29, 1.82) is 0 Å². The molecule has 6 heteroatoms.